The standard InChI is InChI=1S/C12H13NO6/c14-10(15)4-5-13(7-11(16)17)9-3-1-2-8(6-9)12(18)19/h1-3,6H,4-5,7H2,(H,14,15)(H,16,17)(H,18,19). The molecule has 0 fully saturated rings. The molecule has 1 aromatic rings. The Kier molecular flexibility index (Phi) is 4.87. The third kappa shape index (κ3) is 4.66. The van der Waals surface area contributed by atoms with Crippen LogP contribution in [0, 0.1) is 0 Å². The number of nitrogens with zero attached hydrogens (tertiary/aromatic N) is 1. The summed E-state index contributed by atoms with van der Waals surface area (Å²) < 4.78 is 0. The quantitative estimate of drug-likeness (QED) is 0.667. The van der Waals surface area contributed by atoms with Crippen LogP contribution >= 0.6 is 0 Å². The minimum absolute atomic E-state index is 0.00922. The van der Waals surface area contributed by atoms with Gasteiger partial charge >= 0.3 is 17.9 Å². The van der Waals surface area contributed by atoms with E-state index in [0.29, 0.717) is 5.69 Å². The predicted octanol–water partition coefficient (Wildman–Crippen LogP) is 0.750. The third-order valence-electron chi connectivity index (χ3n) is 2.38. The Morgan fingerprint density at radius 1 is 1.05 bits per heavy atom. The maximum Gasteiger partial charge on any atom is 0.335 e. The molecule has 0 saturated carbocycles. The second-order valence-electron chi connectivity index (χ2n) is 3.81. The van der Waals surface area contributed by atoms with E-state index >= 15 is 0 Å². The molecule has 0 unspecified atom stereocenters. The van der Waals surface area contributed by atoms with Crippen molar-refractivity contribution in [1.29, 1.82) is 0 Å². The number of benzene rings is 1. The first-order valence-electron chi connectivity index (χ1n) is 5.42. The number of aromatic carboxylic acids is 1. The van der Waals surface area contributed by atoms with E-state index in [0.717, 1.165) is 0 Å². The first-order chi connectivity index (χ1) is 8.90. The molecule has 0 heterocycles. The minimum atomic E-state index is -1.13. The Hall–Kier alpha value is -2.57. The van der Waals surface area contributed by atoms with Crippen molar-refractivity contribution in [2.75, 3.05) is 18.0 Å². The van der Waals surface area contributed by atoms with Crippen molar-refractivity contribution in [3.05, 3.63) is 29.8 Å². The van der Waals surface area contributed by atoms with Crippen LogP contribution in [0.25, 0.3) is 0 Å². The predicted molar refractivity (Wildman–Crippen MR) is 65.5 cm³/mol. The fourth-order valence-corrected chi connectivity index (χ4v) is 1.53. The largest absolute Gasteiger partial charge is 0.481 e. The number of hydrogen-bond acceptors (Lipinski definition) is 4. The highest BCUT2D eigenvalue weighted by Crippen LogP contribution is 2.16. The summed E-state index contributed by atoms with van der Waals surface area (Å²) in [4.78, 5) is 33.4. The van der Waals surface area contributed by atoms with Gasteiger partial charge in [0.15, 0.2) is 0 Å². The van der Waals surface area contributed by atoms with Crippen molar-refractivity contribution in [3.63, 3.8) is 0 Å². The number of aliphatic carboxylic acids is 2. The second kappa shape index (κ2) is 6.39. The van der Waals surface area contributed by atoms with Crippen molar-refractivity contribution in [2.24, 2.45) is 0 Å². The van der Waals surface area contributed by atoms with Crippen molar-refractivity contribution >= 4 is 23.6 Å². The summed E-state index contributed by atoms with van der Waals surface area (Å²) in [6.45, 7) is -0.402. The Morgan fingerprint density at radius 2 is 1.74 bits per heavy atom. The zero-order valence-corrected chi connectivity index (χ0v) is 9.94. The number of anilines is 1. The van der Waals surface area contributed by atoms with Crippen LogP contribution in [0.2, 0.25) is 0 Å². The van der Waals surface area contributed by atoms with E-state index in [1.807, 2.05) is 0 Å². The number of hydrogen-bond donors (Lipinski definition) is 3. The van der Waals surface area contributed by atoms with E-state index < -0.39 is 24.5 Å². The summed E-state index contributed by atoms with van der Waals surface area (Å²) in [5, 5.41) is 26.3. The Bertz CT molecular complexity index is 499. The number of carboxylic acids is 3. The molecule has 7 nitrogen and oxygen atoms in total. The van der Waals surface area contributed by atoms with Gasteiger partial charge in [-0.15, -0.1) is 0 Å². The Balaban J connectivity index is 2.95. The van der Waals surface area contributed by atoms with Gasteiger partial charge in [-0.3, -0.25) is 9.59 Å². The van der Waals surface area contributed by atoms with Crippen LogP contribution in [0.1, 0.15) is 16.8 Å². The molecule has 1 rings (SSSR count). The van der Waals surface area contributed by atoms with E-state index in [9.17, 15) is 14.4 Å². The van der Waals surface area contributed by atoms with Crippen LogP contribution in [0.3, 0.4) is 0 Å². The molecule has 3 N–H and O–H groups in total. The van der Waals surface area contributed by atoms with E-state index in [1.165, 1.54) is 29.2 Å². The lowest BCUT2D eigenvalue weighted by molar-refractivity contribution is -0.138. The smallest absolute Gasteiger partial charge is 0.335 e. The molecule has 0 bridgehead atoms. The average molecular weight is 267 g/mol. The zero-order chi connectivity index (χ0) is 14.4. The van der Waals surface area contributed by atoms with Gasteiger partial charge in [0.1, 0.15) is 6.54 Å². The van der Waals surface area contributed by atoms with E-state index in [4.69, 9.17) is 15.3 Å². The first-order valence-corrected chi connectivity index (χ1v) is 5.42. The molecule has 0 atom stereocenters. The van der Waals surface area contributed by atoms with E-state index in [2.05, 4.69) is 0 Å². The zero-order valence-electron chi connectivity index (χ0n) is 9.94. The van der Waals surface area contributed by atoms with Crippen molar-refractivity contribution in [1.82, 2.24) is 0 Å². The van der Waals surface area contributed by atoms with E-state index in [-0.39, 0.29) is 18.5 Å². The van der Waals surface area contributed by atoms with Gasteiger partial charge in [-0.05, 0) is 18.2 Å². The molecule has 0 aliphatic heterocycles. The molecule has 0 radical (unpaired) electrons. The fourth-order valence-electron chi connectivity index (χ4n) is 1.53. The molecular formula is C12H13NO6. The molecular weight excluding hydrogens is 254 g/mol. The molecule has 0 aliphatic carbocycles. The highest BCUT2D eigenvalue weighted by atomic mass is 16.4. The average Bonchev–Trinajstić information content (AvgIpc) is 2.34. The monoisotopic (exact) mass is 267 g/mol. The normalized spacial score (nSPS) is 9.89. The summed E-state index contributed by atoms with van der Waals surface area (Å²) in [6, 6.07) is 5.71. The number of carbonyl (C=O) groups is 3. The molecule has 1 aromatic carbocycles. The van der Waals surface area contributed by atoms with E-state index in [1.54, 1.807) is 0 Å². The van der Waals surface area contributed by atoms with Crippen LogP contribution in [-0.4, -0.2) is 46.3 Å². The fraction of sp³-hybridized carbons (Fsp3) is 0.250. The lowest BCUT2D eigenvalue weighted by atomic mass is 10.2. The summed E-state index contributed by atoms with van der Waals surface area (Å²) >= 11 is 0. The molecule has 0 saturated heterocycles. The second-order valence-corrected chi connectivity index (χ2v) is 3.81. The minimum Gasteiger partial charge on any atom is -0.481 e. The number of rotatable bonds is 7. The SMILES string of the molecule is O=C(O)CCN(CC(=O)O)c1cccc(C(=O)O)c1. The molecule has 19 heavy (non-hydrogen) atoms. The molecule has 102 valence electrons. The van der Waals surface area contributed by atoms with Crippen LogP contribution in [0.15, 0.2) is 24.3 Å². The summed E-state index contributed by atoms with van der Waals surface area (Å²) in [7, 11) is 0. The lowest BCUT2D eigenvalue weighted by Crippen LogP contribution is -2.31. The highest BCUT2D eigenvalue weighted by Gasteiger charge is 2.14. The van der Waals surface area contributed by atoms with Gasteiger partial charge in [0.25, 0.3) is 0 Å². The van der Waals surface area contributed by atoms with Gasteiger partial charge in [-0.25, -0.2) is 4.79 Å². The topological polar surface area (TPSA) is 115 Å². The van der Waals surface area contributed by atoms with Crippen LogP contribution in [0.4, 0.5) is 5.69 Å². The molecule has 0 aromatic heterocycles. The van der Waals surface area contributed by atoms with Crippen molar-refractivity contribution < 1.29 is 29.7 Å². The van der Waals surface area contributed by atoms with Gasteiger partial charge in [0.05, 0.1) is 12.0 Å². The van der Waals surface area contributed by atoms with Crippen LogP contribution < -0.4 is 4.90 Å². The first kappa shape index (κ1) is 14.5. The Morgan fingerprint density at radius 3 is 2.26 bits per heavy atom. The lowest BCUT2D eigenvalue weighted by Gasteiger charge is -2.22. The summed E-state index contributed by atoms with van der Waals surface area (Å²) in [5.41, 5.74) is 0.381. The molecule has 0 amide bonds. The van der Waals surface area contributed by atoms with Crippen molar-refractivity contribution in [2.45, 2.75) is 6.42 Å². The van der Waals surface area contributed by atoms with Crippen molar-refractivity contribution in [3.8, 4) is 0 Å². The Labute approximate surface area is 108 Å². The van der Waals surface area contributed by atoms with Crippen LogP contribution in [-0.2, 0) is 9.59 Å². The summed E-state index contributed by atoms with van der Waals surface area (Å²) in [6.07, 6.45) is -0.232. The molecule has 7 heteroatoms. The number of carboxylic acid groups (broad SMARTS) is 3. The third-order valence-corrected chi connectivity index (χ3v) is 2.38. The van der Waals surface area contributed by atoms with Gasteiger partial charge < -0.3 is 20.2 Å². The molecule has 0 aliphatic rings. The van der Waals surface area contributed by atoms with Gasteiger partial charge in [-0.1, -0.05) is 6.07 Å². The van der Waals surface area contributed by atoms with Gasteiger partial charge in [-0.2, -0.15) is 0 Å². The van der Waals surface area contributed by atoms with Crippen LogP contribution in [0.5, 0.6) is 0 Å². The molecule has 0 spiro atoms. The summed E-state index contributed by atoms with van der Waals surface area (Å²) in [5.74, 6) is -3.30. The highest BCUT2D eigenvalue weighted by molar-refractivity contribution is 5.89. The maximum atomic E-state index is 10.8. The maximum absolute atomic E-state index is 10.8. The van der Waals surface area contributed by atoms with Gasteiger partial charge in [0.2, 0.25) is 0 Å². The van der Waals surface area contributed by atoms with Gasteiger partial charge in [0, 0.05) is 12.2 Å².